The van der Waals surface area contributed by atoms with E-state index in [1.165, 1.54) is 14.0 Å². The Kier molecular flexibility index (Phi) is 5.68. The van der Waals surface area contributed by atoms with Gasteiger partial charge in [0.1, 0.15) is 5.75 Å². The van der Waals surface area contributed by atoms with Crippen LogP contribution in [0.1, 0.15) is 27.6 Å². The summed E-state index contributed by atoms with van der Waals surface area (Å²) in [4.78, 5) is 35.3. The van der Waals surface area contributed by atoms with Gasteiger partial charge in [-0.2, -0.15) is 0 Å². The first-order valence-electron chi connectivity index (χ1n) is 7.32. The molecule has 0 saturated heterocycles. The molecular formula is C18H18N2O4. The molecule has 0 bridgehead atoms. The molecule has 0 aliphatic carbocycles. The van der Waals surface area contributed by atoms with Gasteiger partial charge in [0.15, 0.2) is 5.78 Å². The SMILES string of the molecule is COc1cccc(C(=O)NCC(=O)Nc2cccc(C(C)=O)c2)c1. The molecule has 0 spiro atoms. The van der Waals surface area contributed by atoms with Crippen LogP contribution in [-0.2, 0) is 4.79 Å². The summed E-state index contributed by atoms with van der Waals surface area (Å²) in [7, 11) is 1.51. The van der Waals surface area contributed by atoms with Crippen LogP contribution in [0.15, 0.2) is 48.5 Å². The second-order valence-electron chi connectivity index (χ2n) is 5.10. The number of rotatable bonds is 6. The van der Waals surface area contributed by atoms with E-state index in [4.69, 9.17) is 4.74 Å². The number of benzene rings is 2. The first kappa shape index (κ1) is 17.2. The lowest BCUT2D eigenvalue weighted by Gasteiger charge is -2.08. The number of carbonyl (C=O) groups is 3. The lowest BCUT2D eigenvalue weighted by atomic mass is 10.1. The standard InChI is InChI=1S/C18H18N2O4/c1-12(21)13-5-3-7-15(9-13)20-17(22)11-19-18(23)14-6-4-8-16(10-14)24-2/h3-10H,11H2,1-2H3,(H,19,23)(H,20,22). The summed E-state index contributed by atoms with van der Waals surface area (Å²) in [5.74, 6) is -0.279. The molecule has 0 fully saturated rings. The van der Waals surface area contributed by atoms with E-state index < -0.39 is 0 Å². The van der Waals surface area contributed by atoms with E-state index in [2.05, 4.69) is 10.6 Å². The minimum atomic E-state index is -0.382. The van der Waals surface area contributed by atoms with Crippen molar-refractivity contribution in [2.45, 2.75) is 6.92 Å². The molecule has 2 rings (SSSR count). The molecule has 0 unspecified atom stereocenters. The Morgan fingerprint density at radius 1 is 1.00 bits per heavy atom. The number of carbonyl (C=O) groups excluding carboxylic acids is 3. The fourth-order valence-corrected chi connectivity index (χ4v) is 2.05. The van der Waals surface area contributed by atoms with Gasteiger partial charge in [0.05, 0.1) is 13.7 Å². The summed E-state index contributed by atoms with van der Waals surface area (Å²) in [6.45, 7) is 1.27. The normalized spacial score (nSPS) is 9.92. The first-order chi connectivity index (χ1) is 11.5. The highest BCUT2D eigenvalue weighted by Crippen LogP contribution is 2.13. The van der Waals surface area contributed by atoms with Crippen LogP contribution in [0, 0.1) is 0 Å². The zero-order valence-electron chi connectivity index (χ0n) is 13.5. The molecule has 0 atom stereocenters. The van der Waals surface area contributed by atoms with Gasteiger partial charge in [0.2, 0.25) is 5.91 Å². The van der Waals surface area contributed by atoms with Gasteiger partial charge in [-0.1, -0.05) is 18.2 Å². The summed E-state index contributed by atoms with van der Waals surface area (Å²) >= 11 is 0. The molecule has 2 amide bonds. The Labute approximate surface area is 139 Å². The molecule has 2 aromatic carbocycles. The summed E-state index contributed by atoms with van der Waals surface area (Å²) in [6, 6.07) is 13.3. The van der Waals surface area contributed by atoms with Crippen LogP contribution in [0.4, 0.5) is 5.69 Å². The minimum Gasteiger partial charge on any atom is -0.497 e. The Hall–Kier alpha value is -3.15. The van der Waals surface area contributed by atoms with E-state index in [1.807, 2.05) is 0 Å². The average Bonchev–Trinajstić information content (AvgIpc) is 2.60. The van der Waals surface area contributed by atoms with Gasteiger partial charge in [0.25, 0.3) is 5.91 Å². The predicted molar refractivity (Wildman–Crippen MR) is 90.4 cm³/mol. The largest absolute Gasteiger partial charge is 0.497 e. The molecule has 0 aliphatic heterocycles. The second-order valence-corrected chi connectivity index (χ2v) is 5.10. The number of amides is 2. The third kappa shape index (κ3) is 4.67. The van der Waals surface area contributed by atoms with E-state index in [1.54, 1.807) is 48.5 Å². The lowest BCUT2D eigenvalue weighted by molar-refractivity contribution is -0.115. The second kappa shape index (κ2) is 7.92. The highest BCUT2D eigenvalue weighted by atomic mass is 16.5. The smallest absolute Gasteiger partial charge is 0.251 e. The molecule has 2 aromatic rings. The van der Waals surface area contributed by atoms with Gasteiger partial charge in [0, 0.05) is 16.8 Å². The van der Waals surface area contributed by atoms with Crippen LogP contribution >= 0.6 is 0 Å². The molecule has 0 aromatic heterocycles. The van der Waals surface area contributed by atoms with Crippen molar-refractivity contribution in [3.8, 4) is 5.75 Å². The fraction of sp³-hybridized carbons (Fsp3) is 0.167. The average molecular weight is 326 g/mol. The number of hydrogen-bond donors (Lipinski definition) is 2. The molecule has 124 valence electrons. The quantitative estimate of drug-likeness (QED) is 0.798. The van der Waals surface area contributed by atoms with Crippen molar-refractivity contribution in [3.05, 3.63) is 59.7 Å². The van der Waals surface area contributed by atoms with Gasteiger partial charge in [-0.05, 0) is 37.3 Å². The Balaban J connectivity index is 1.92. The third-order valence-electron chi connectivity index (χ3n) is 3.29. The number of hydrogen-bond acceptors (Lipinski definition) is 4. The Morgan fingerprint density at radius 3 is 2.42 bits per heavy atom. The molecule has 0 saturated carbocycles. The molecule has 6 heteroatoms. The Morgan fingerprint density at radius 2 is 1.71 bits per heavy atom. The highest BCUT2D eigenvalue weighted by molar-refractivity contribution is 6.00. The van der Waals surface area contributed by atoms with Crippen molar-refractivity contribution in [2.75, 3.05) is 19.0 Å². The minimum absolute atomic E-state index is 0.0857. The van der Waals surface area contributed by atoms with Gasteiger partial charge in [-0.3, -0.25) is 14.4 Å². The van der Waals surface area contributed by atoms with Gasteiger partial charge >= 0.3 is 0 Å². The van der Waals surface area contributed by atoms with Crippen LogP contribution in [0.2, 0.25) is 0 Å². The van der Waals surface area contributed by atoms with E-state index in [9.17, 15) is 14.4 Å². The maximum Gasteiger partial charge on any atom is 0.251 e. The summed E-state index contributed by atoms with van der Waals surface area (Å²) in [6.07, 6.45) is 0. The van der Waals surface area contributed by atoms with E-state index in [-0.39, 0.29) is 24.1 Å². The number of Topliss-reactive ketones (excluding diaryl/α,β-unsaturated/α-hetero) is 1. The molecule has 0 radical (unpaired) electrons. The molecule has 0 aliphatic rings. The summed E-state index contributed by atoms with van der Waals surface area (Å²) in [5, 5.41) is 5.17. The van der Waals surface area contributed by atoms with Crippen molar-refractivity contribution in [3.63, 3.8) is 0 Å². The molecule has 6 nitrogen and oxygen atoms in total. The zero-order chi connectivity index (χ0) is 17.5. The zero-order valence-corrected chi connectivity index (χ0v) is 13.5. The van der Waals surface area contributed by atoms with Crippen LogP contribution in [0.3, 0.4) is 0 Å². The van der Waals surface area contributed by atoms with Gasteiger partial charge in [-0.25, -0.2) is 0 Å². The third-order valence-corrected chi connectivity index (χ3v) is 3.29. The van der Waals surface area contributed by atoms with E-state index >= 15 is 0 Å². The maximum absolute atomic E-state index is 12.0. The highest BCUT2D eigenvalue weighted by Gasteiger charge is 2.09. The number of ketones is 1. The predicted octanol–water partition coefficient (Wildman–Crippen LogP) is 2.27. The van der Waals surface area contributed by atoms with Gasteiger partial charge in [-0.15, -0.1) is 0 Å². The molecule has 24 heavy (non-hydrogen) atoms. The molecule has 2 N–H and O–H groups in total. The van der Waals surface area contributed by atoms with E-state index in [0.717, 1.165) is 0 Å². The Bertz CT molecular complexity index is 771. The topological polar surface area (TPSA) is 84.5 Å². The fourth-order valence-electron chi connectivity index (χ4n) is 2.05. The number of methoxy groups -OCH3 is 1. The lowest BCUT2D eigenvalue weighted by Crippen LogP contribution is -2.32. The van der Waals surface area contributed by atoms with Crippen molar-refractivity contribution >= 4 is 23.3 Å². The summed E-state index contributed by atoms with van der Waals surface area (Å²) < 4.78 is 5.05. The maximum atomic E-state index is 12.0. The molecular weight excluding hydrogens is 308 g/mol. The van der Waals surface area contributed by atoms with E-state index in [0.29, 0.717) is 22.6 Å². The van der Waals surface area contributed by atoms with Crippen molar-refractivity contribution in [1.29, 1.82) is 0 Å². The van der Waals surface area contributed by atoms with Crippen LogP contribution < -0.4 is 15.4 Å². The van der Waals surface area contributed by atoms with Gasteiger partial charge < -0.3 is 15.4 Å². The van der Waals surface area contributed by atoms with Crippen molar-refractivity contribution in [2.24, 2.45) is 0 Å². The monoisotopic (exact) mass is 326 g/mol. The number of ether oxygens (including phenoxy) is 1. The van der Waals surface area contributed by atoms with Crippen molar-refractivity contribution < 1.29 is 19.1 Å². The number of anilines is 1. The van der Waals surface area contributed by atoms with Crippen molar-refractivity contribution in [1.82, 2.24) is 5.32 Å². The number of nitrogens with one attached hydrogen (secondary N) is 2. The molecule has 0 heterocycles. The first-order valence-corrected chi connectivity index (χ1v) is 7.32. The van der Waals surface area contributed by atoms with Crippen LogP contribution in [0.25, 0.3) is 0 Å². The van der Waals surface area contributed by atoms with Crippen LogP contribution in [-0.4, -0.2) is 31.3 Å². The van der Waals surface area contributed by atoms with Crippen LogP contribution in [0.5, 0.6) is 5.75 Å². The summed E-state index contributed by atoms with van der Waals surface area (Å²) in [5.41, 5.74) is 1.41.